The molecule has 4 heteroatoms. The number of methoxy groups -OCH3 is 1. The number of ether oxygens (including phenoxy) is 1. The Morgan fingerprint density at radius 2 is 2.50 bits per heavy atom. The summed E-state index contributed by atoms with van der Waals surface area (Å²) in [5.74, 6) is 0.806. The fraction of sp³-hybridized carbons (Fsp3) is 0.875. The van der Waals surface area contributed by atoms with Crippen molar-refractivity contribution in [3.05, 3.63) is 0 Å². The van der Waals surface area contributed by atoms with Crippen LogP contribution >= 0.6 is 0 Å². The largest absolute Gasteiger partial charge is 0.383 e. The molecule has 0 aromatic heterocycles. The van der Waals surface area contributed by atoms with Gasteiger partial charge in [0.25, 0.3) is 0 Å². The molecular formula is C8H14N2O2. The van der Waals surface area contributed by atoms with Gasteiger partial charge in [-0.3, -0.25) is 4.79 Å². The van der Waals surface area contributed by atoms with E-state index in [-0.39, 0.29) is 17.9 Å². The van der Waals surface area contributed by atoms with Crippen molar-refractivity contribution < 1.29 is 9.53 Å². The summed E-state index contributed by atoms with van der Waals surface area (Å²) in [4.78, 5) is 13.3. The summed E-state index contributed by atoms with van der Waals surface area (Å²) in [6, 6.07) is 0.149. The third-order valence-electron chi connectivity index (χ3n) is 2.82. The van der Waals surface area contributed by atoms with Crippen molar-refractivity contribution in [2.45, 2.75) is 6.04 Å². The second kappa shape index (κ2) is 2.71. The lowest BCUT2D eigenvalue weighted by Gasteiger charge is -2.18. The average molecular weight is 170 g/mol. The standard InChI is InChI=1S/C8H14N2O2/c1-12-3-2-10-4-5-6(7(5)9)8(10)11/h5-7H,2-4,9H2,1H3. The summed E-state index contributed by atoms with van der Waals surface area (Å²) in [7, 11) is 1.65. The Bertz CT molecular complexity index is 207. The summed E-state index contributed by atoms with van der Waals surface area (Å²) in [6.07, 6.45) is 0. The Labute approximate surface area is 71.7 Å². The molecule has 68 valence electrons. The molecule has 0 aromatic rings. The summed E-state index contributed by atoms with van der Waals surface area (Å²) in [5.41, 5.74) is 5.67. The fourth-order valence-electron chi connectivity index (χ4n) is 1.94. The number of carbonyl (C=O) groups excluding carboxylic acids is 1. The number of carbonyl (C=O) groups is 1. The Balaban J connectivity index is 1.85. The monoisotopic (exact) mass is 170 g/mol. The zero-order chi connectivity index (χ0) is 8.72. The molecule has 4 nitrogen and oxygen atoms in total. The Kier molecular flexibility index (Phi) is 1.81. The molecule has 2 aliphatic rings. The number of amides is 1. The molecule has 1 aliphatic heterocycles. The Hall–Kier alpha value is -0.610. The Morgan fingerprint density at radius 3 is 3.00 bits per heavy atom. The molecule has 2 fully saturated rings. The minimum atomic E-state index is 0.141. The van der Waals surface area contributed by atoms with Crippen molar-refractivity contribution in [3.8, 4) is 0 Å². The minimum absolute atomic E-state index is 0.141. The lowest BCUT2D eigenvalue weighted by molar-refractivity contribution is -0.130. The van der Waals surface area contributed by atoms with E-state index in [0.717, 1.165) is 13.1 Å². The van der Waals surface area contributed by atoms with Gasteiger partial charge in [0.15, 0.2) is 0 Å². The first-order valence-electron chi connectivity index (χ1n) is 4.29. The molecule has 3 atom stereocenters. The first kappa shape index (κ1) is 8.01. The van der Waals surface area contributed by atoms with Gasteiger partial charge >= 0.3 is 0 Å². The minimum Gasteiger partial charge on any atom is -0.383 e. The fourth-order valence-corrected chi connectivity index (χ4v) is 1.94. The normalized spacial score (nSPS) is 38.7. The van der Waals surface area contributed by atoms with Gasteiger partial charge in [-0.1, -0.05) is 0 Å². The van der Waals surface area contributed by atoms with Crippen LogP contribution in [0, 0.1) is 11.8 Å². The molecule has 3 unspecified atom stereocenters. The molecule has 0 radical (unpaired) electrons. The van der Waals surface area contributed by atoms with Crippen molar-refractivity contribution in [1.82, 2.24) is 4.90 Å². The Morgan fingerprint density at radius 1 is 1.75 bits per heavy atom. The molecule has 2 rings (SSSR count). The van der Waals surface area contributed by atoms with E-state index < -0.39 is 0 Å². The van der Waals surface area contributed by atoms with Crippen molar-refractivity contribution in [3.63, 3.8) is 0 Å². The molecule has 1 aliphatic carbocycles. The van der Waals surface area contributed by atoms with E-state index in [1.54, 1.807) is 7.11 Å². The number of fused-ring (bicyclic) bond motifs is 1. The highest BCUT2D eigenvalue weighted by atomic mass is 16.5. The maximum atomic E-state index is 11.5. The van der Waals surface area contributed by atoms with E-state index in [1.165, 1.54) is 0 Å². The van der Waals surface area contributed by atoms with Crippen molar-refractivity contribution >= 4 is 5.91 Å². The van der Waals surface area contributed by atoms with E-state index >= 15 is 0 Å². The summed E-state index contributed by atoms with van der Waals surface area (Å²) < 4.78 is 4.90. The molecule has 1 saturated carbocycles. The van der Waals surface area contributed by atoms with Crippen LogP contribution in [0.5, 0.6) is 0 Å². The summed E-state index contributed by atoms with van der Waals surface area (Å²) in [5, 5.41) is 0. The molecule has 0 aromatic carbocycles. The van der Waals surface area contributed by atoms with Gasteiger partial charge in [0.2, 0.25) is 5.91 Å². The highest BCUT2D eigenvalue weighted by molar-refractivity contribution is 5.86. The van der Waals surface area contributed by atoms with Crippen LogP contribution in [0.1, 0.15) is 0 Å². The number of nitrogens with two attached hydrogens (primary N) is 1. The van der Waals surface area contributed by atoms with Crippen LogP contribution in [0.3, 0.4) is 0 Å². The van der Waals surface area contributed by atoms with Gasteiger partial charge in [0.1, 0.15) is 0 Å². The number of likely N-dealkylation sites (tertiary alicyclic amines) is 1. The van der Waals surface area contributed by atoms with E-state index in [2.05, 4.69) is 0 Å². The lowest BCUT2D eigenvalue weighted by atomic mass is 10.4. The molecule has 12 heavy (non-hydrogen) atoms. The predicted molar refractivity (Wildman–Crippen MR) is 43.4 cm³/mol. The zero-order valence-corrected chi connectivity index (χ0v) is 7.19. The van der Waals surface area contributed by atoms with Crippen LogP contribution < -0.4 is 5.73 Å². The van der Waals surface area contributed by atoms with Gasteiger partial charge in [0.05, 0.1) is 12.5 Å². The molecule has 0 spiro atoms. The third kappa shape index (κ3) is 1.03. The SMILES string of the molecule is COCCN1CC2C(N)C2C1=O. The quantitative estimate of drug-likeness (QED) is 0.594. The number of rotatable bonds is 3. The van der Waals surface area contributed by atoms with Crippen LogP contribution in [-0.2, 0) is 9.53 Å². The van der Waals surface area contributed by atoms with Gasteiger partial charge in [-0.05, 0) is 0 Å². The van der Waals surface area contributed by atoms with Crippen molar-refractivity contribution in [2.75, 3.05) is 26.8 Å². The smallest absolute Gasteiger partial charge is 0.227 e. The average Bonchev–Trinajstić information content (AvgIpc) is 2.54. The highest BCUT2D eigenvalue weighted by Gasteiger charge is 2.59. The summed E-state index contributed by atoms with van der Waals surface area (Å²) >= 11 is 0. The maximum absolute atomic E-state index is 11.5. The van der Waals surface area contributed by atoms with Crippen LogP contribution in [0.25, 0.3) is 0 Å². The third-order valence-corrected chi connectivity index (χ3v) is 2.82. The van der Waals surface area contributed by atoms with Crippen LogP contribution in [0.4, 0.5) is 0 Å². The maximum Gasteiger partial charge on any atom is 0.227 e. The number of hydrogen-bond acceptors (Lipinski definition) is 3. The van der Waals surface area contributed by atoms with Gasteiger partial charge < -0.3 is 15.4 Å². The number of nitrogens with zero attached hydrogens (tertiary/aromatic N) is 1. The molecular weight excluding hydrogens is 156 g/mol. The van der Waals surface area contributed by atoms with Gasteiger partial charge in [-0.15, -0.1) is 0 Å². The second-order valence-electron chi connectivity index (χ2n) is 3.54. The second-order valence-corrected chi connectivity index (χ2v) is 3.54. The first-order chi connectivity index (χ1) is 5.75. The van der Waals surface area contributed by atoms with E-state index in [9.17, 15) is 4.79 Å². The molecule has 1 heterocycles. The van der Waals surface area contributed by atoms with Crippen molar-refractivity contribution in [2.24, 2.45) is 17.6 Å². The predicted octanol–water partition coefficient (Wildman–Crippen LogP) is -0.952. The van der Waals surface area contributed by atoms with Crippen LogP contribution in [-0.4, -0.2) is 43.7 Å². The van der Waals surface area contributed by atoms with Crippen LogP contribution in [0.15, 0.2) is 0 Å². The topological polar surface area (TPSA) is 55.6 Å². The van der Waals surface area contributed by atoms with E-state index in [4.69, 9.17) is 10.5 Å². The van der Waals surface area contributed by atoms with Crippen molar-refractivity contribution in [1.29, 1.82) is 0 Å². The number of hydrogen-bond donors (Lipinski definition) is 1. The molecule has 0 bridgehead atoms. The van der Waals surface area contributed by atoms with E-state index in [1.807, 2.05) is 4.90 Å². The zero-order valence-electron chi connectivity index (χ0n) is 7.19. The number of piperidine rings is 1. The lowest BCUT2D eigenvalue weighted by Crippen LogP contribution is -2.35. The highest BCUT2D eigenvalue weighted by Crippen LogP contribution is 2.44. The molecule has 1 saturated heterocycles. The van der Waals surface area contributed by atoms with Gasteiger partial charge in [0, 0.05) is 32.2 Å². The van der Waals surface area contributed by atoms with Gasteiger partial charge in [-0.25, -0.2) is 0 Å². The van der Waals surface area contributed by atoms with Gasteiger partial charge in [-0.2, -0.15) is 0 Å². The molecule has 2 N–H and O–H groups in total. The van der Waals surface area contributed by atoms with Crippen LogP contribution in [0.2, 0.25) is 0 Å². The molecule has 1 amide bonds. The first-order valence-corrected chi connectivity index (χ1v) is 4.29. The summed E-state index contributed by atoms with van der Waals surface area (Å²) in [6.45, 7) is 2.18. The van der Waals surface area contributed by atoms with E-state index in [0.29, 0.717) is 12.5 Å².